The SMILES string of the molecule is CC(C)(CNC(=O)c1ccccc1OC(=O)CCCCC1CCSS1)SN=O. The summed E-state index contributed by atoms with van der Waals surface area (Å²) in [5.74, 6) is 0.804. The van der Waals surface area contributed by atoms with Crippen molar-refractivity contribution in [3.63, 3.8) is 0 Å². The molecule has 0 radical (unpaired) electrons. The summed E-state index contributed by atoms with van der Waals surface area (Å²) >= 11 is 0.872. The highest BCUT2D eigenvalue weighted by Crippen LogP contribution is 2.39. The number of amides is 1. The van der Waals surface area contributed by atoms with Gasteiger partial charge in [-0.25, -0.2) is 0 Å². The highest BCUT2D eigenvalue weighted by molar-refractivity contribution is 8.77. The van der Waals surface area contributed by atoms with Gasteiger partial charge in [0.15, 0.2) is 0 Å². The third-order valence-electron chi connectivity index (χ3n) is 4.20. The van der Waals surface area contributed by atoms with Crippen LogP contribution < -0.4 is 10.1 Å². The largest absolute Gasteiger partial charge is 0.426 e. The molecule has 0 saturated carbocycles. The van der Waals surface area contributed by atoms with E-state index in [0.717, 1.165) is 31.2 Å². The lowest BCUT2D eigenvalue weighted by Crippen LogP contribution is -2.36. The molecule has 154 valence electrons. The molecule has 1 atom stereocenters. The van der Waals surface area contributed by atoms with Crippen LogP contribution in [0.25, 0.3) is 0 Å². The summed E-state index contributed by atoms with van der Waals surface area (Å²) in [5, 5.41) is 3.48. The Hall–Kier alpha value is -1.19. The first-order valence-corrected chi connectivity index (χ1v) is 12.4. The van der Waals surface area contributed by atoms with Gasteiger partial charge in [-0.15, -0.1) is 4.91 Å². The van der Waals surface area contributed by atoms with Gasteiger partial charge in [-0.05, 0) is 45.2 Å². The number of nitroso groups, excluding NO2 is 1. The predicted octanol–water partition coefficient (Wildman–Crippen LogP) is 5.23. The Labute approximate surface area is 178 Å². The average Bonchev–Trinajstić information content (AvgIpc) is 3.17. The molecule has 1 fully saturated rings. The maximum absolute atomic E-state index is 12.5. The van der Waals surface area contributed by atoms with E-state index >= 15 is 0 Å². The van der Waals surface area contributed by atoms with Crippen LogP contribution in [0.4, 0.5) is 0 Å². The lowest BCUT2D eigenvalue weighted by atomic mass is 10.1. The Morgan fingerprint density at radius 3 is 2.82 bits per heavy atom. The van der Waals surface area contributed by atoms with E-state index in [1.807, 2.05) is 35.4 Å². The van der Waals surface area contributed by atoms with E-state index in [0.29, 0.717) is 17.2 Å². The number of unbranched alkanes of at least 4 members (excludes halogenated alkanes) is 1. The normalized spacial score (nSPS) is 16.6. The van der Waals surface area contributed by atoms with Gasteiger partial charge in [0.25, 0.3) is 5.91 Å². The first-order valence-electron chi connectivity index (χ1n) is 9.28. The summed E-state index contributed by atoms with van der Waals surface area (Å²) in [6.45, 7) is 3.89. The quantitative estimate of drug-likeness (QED) is 0.125. The van der Waals surface area contributed by atoms with Crippen molar-refractivity contribution in [2.45, 2.75) is 55.9 Å². The number of rotatable bonds is 11. The summed E-state index contributed by atoms with van der Waals surface area (Å²) in [6.07, 6.45) is 4.52. The lowest BCUT2D eigenvalue weighted by molar-refractivity contribution is -0.134. The van der Waals surface area contributed by atoms with Gasteiger partial charge in [-0.2, -0.15) is 0 Å². The molecular formula is C19H26N2O4S3. The molecule has 1 aliphatic heterocycles. The molecule has 1 aromatic carbocycles. The molecule has 1 amide bonds. The van der Waals surface area contributed by atoms with E-state index in [1.165, 1.54) is 12.2 Å². The molecule has 1 unspecified atom stereocenters. The van der Waals surface area contributed by atoms with Crippen LogP contribution in [0, 0.1) is 4.91 Å². The highest BCUT2D eigenvalue weighted by Gasteiger charge is 2.22. The maximum atomic E-state index is 12.5. The molecule has 1 aromatic rings. The predicted molar refractivity (Wildman–Crippen MR) is 119 cm³/mol. The summed E-state index contributed by atoms with van der Waals surface area (Å²) in [4.78, 5) is 35.1. The van der Waals surface area contributed by atoms with Crippen molar-refractivity contribution in [1.82, 2.24) is 5.32 Å². The Bertz CT molecular complexity index is 679. The molecule has 6 nitrogen and oxygen atoms in total. The van der Waals surface area contributed by atoms with E-state index in [9.17, 15) is 14.5 Å². The van der Waals surface area contributed by atoms with Crippen LogP contribution in [-0.2, 0) is 4.79 Å². The van der Waals surface area contributed by atoms with E-state index < -0.39 is 4.75 Å². The number of hydrogen-bond donors (Lipinski definition) is 1. The molecule has 1 aliphatic rings. The van der Waals surface area contributed by atoms with E-state index in [-0.39, 0.29) is 24.2 Å². The molecular weight excluding hydrogens is 416 g/mol. The van der Waals surface area contributed by atoms with Gasteiger partial charge in [0.1, 0.15) is 5.75 Å². The van der Waals surface area contributed by atoms with E-state index in [1.54, 1.807) is 24.3 Å². The summed E-state index contributed by atoms with van der Waals surface area (Å²) < 4.78 is 7.74. The monoisotopic (exact) mass is 442 g/mol. The number of nitrogens with zero attached hydrogens (tertiary/aromatic N) is 1. The van der Waals surface area contributed by atoms with Crippen LogP contribution in [0.3, 0.4) is 0 Å². The Kier molecular flexibility index (Phi) is 9.67. The second-order valence-electron chi connectivity index (χ2n) is 7.15. The minimum atomic E-state index is -0.515. The molecule has 9 heteroatoms. The van der Waals surface area contributed by atoms with Crippen molar-refractivity contribution in [2.24, 2.45) is 4.58 Å². The number of esters is 1. The van der Waals surface area contributed by atoms with Gasteiger partial charge in [0.05, 0.1) is 10.3 Å². The van der Waals surface area contributed by atoms with Crippen molar-refractivity contribution < 1.29 is 14.3 Å². The van der Waals surface area contributed by atoms with Gasteiger partial charge in [0.2, 0.25) is 0 Å². The van der Waals surface area contributed by atoms with Gasteiger partial charge in [-0.3, -0.25) is 9.59 Å². The van der Waals surface area contributed by atoms with Gasteiger partial charge >= 0.3 is 5.97 Å². The van der Waals surface area contributed by atoms with E-state index in [4.69, 9.17) is 4.74 Å². The number of nitrogens with one attached hydrogen (secondary N) is 1. The summed E-state index contributed by atoms with van der Waals surface area (Å²) in [6, 6.07) is 6.68. The Balaban J connectivity index is 1.82. The van der Waals surface area contributed by atoms with Crippen LogP contribution in [-0.4, -0.2) is 34.2 Å². The van der Waals surface area contributed by atoms with Gasteiger partial charge in [0, 0.05) is 40.5 Å². The van der Waals surface area contributed by atoms with E-state index in [2.05, 4.69) is 9.90 Å². The lowest BCUT2D eigenvalue weighted by Gasteiger charge is -2.20. The maximum Gasteiger partial charge on any atom is 0.311 e. The van der Waals surface area contributed by atoms with Crippen molar-refractivity contribution in [2.75, 3.05) is 12.3 Å². The Morgan fingerprint density at radius 1 is 1.32 bits per heavy atom. The molecule has 0 aromatic heterocycles. The fourth-order valence-electron chi connectivity index (χ4n) is 2.64. The molecule has 1 heterocycles. The molecule has 2 rings (SSSR count). The molecule has 0 aliphatic carbocycles. The number of ether oxygens (including phenoxy) is 1. The first-order chi connectivity index (χ1) is 13.4. The third-order valence-corrected chi connectivity index (χ3v) is 7.92. The number of carbonyl (C=O) groups is 2. The zero-order valence-electron chi connectivity index (χ0n) is 16.1. The summed E-state index contributed by atoms with van der Waals surface area (Å²) in [5.41, 5.74) is 0.301. The van der Waals surface area contributed by atoms with Crippen LogP contribution in [0.15, 0.2) is 28.8 Å². The minimum Gasteiger partial charge on any atom is -0.426 e. The second kappa shape index (κ2) is 11.7. The van der Waals surface area contributed by atoms with Crippen LogP contribution in [0.2, 0.25) is 0 Å². The number of carbonyl (C=O) groups excluding carboxylic acids is 2. The zero-order chi connectivity index (χ0) is 20.4. The smallest absolute Gasteiger partial charge is 0.311 e. The fraction of sp³-hybridized carbons (Fsp3) is 0.579. The highest BCUT2D eigenvalue weighted by atomic mass is 33.1. The fourth-order valence-corrected chi connectivity index (χ4v) is 6.01. The van der Waals surface area contributed by atoms with Gasteiger partial charge < -0.3 is 10.1 Å². The van der Waals surface area contributed by atoms with Crippen molar-refractivity contribution in [3.05, 3.63) is 34.7 Å². The zero-order valence-corrected chi connectivity index (χ0v) is 18.6. The molecule has 0 spiro atoms. The standard InChI is InChI=1S/C19H26N2O4S3/c1-19(2,28-21-24)13-20-18(23)15-8-4-5-9-16(15)25-17(22)10-6-3-7-14-11-12-26-27-14/h4-5,8-9,14H,3,6-7,10-13H2,1-2H3,(H,20,23). The minimum absolute atomic E-state index is 0.256. The Morgan fingerprint density at radius 2 is 2.11 bits per heavy atom. The van der Waals surface area contributed by atoms with Crippen LogP contribution >= 0.6 is 33.5 Å². The van der Waals surface area contributed by atoms with Crippen LogP contribution in [0.5, 0.6) is 5.75 Å². The van der Waals surface area contributed by atoms with Crippen LogP contribution in [0.1, 0.15) is 56.3 Å². The number of benzene rings is 1. The number of para-hydroxylation sites is 1. The van der Waals surface area contributed by atoms with Crippen molar-refractivity contribution >= 4 is 45.4 Å². The molecule has 1 saturated heterocycles. The third kappa shape index (κ3) is 8.05. The van der Waals surface area contributed by atoms with Crippen molar-refractivity contribution in [3.8, 4) is 5.75 Å². The molecule has 0 bridgehead atoms. The van der Waals surface area contributed by atoms with Gasteiger partial charge in [-0.1, -0.05) is 40.1 Å². The second-order valence-corrected chi connectivity index (χ2v) is 11.4. The average molecular weight is 443 g/mol. The molecule has 28 heavy (non-hydrogen) atoms. The van der Waals surface area contributed by atoms with Crippen molar-refractivity contribution in [1.29, 1.82) is 0 Å². The number of hydrogen-bond acceptors (Lipinski definition) is 8. The molecule has 1 N–H and O–H groups in total. The first kappa shape index (κ1) is 23.1. The topological polar surface area (TPSA) is 84.8 Å². The summed E-state index contributed by atoms with van der Waals surface area (Å²) in [7, 11) is 3.88.